The van der Waals surface area contributed by atoms with Crippen molar-refractivity contribution in [3.8, 4) is 17.2 Å². The Morgan fingerprint density at radius 1 is 1.05 bits per heavy atom. The zero-order valence-corrected chi connectivity index (χ0v) is 22.7. The minimum absolute atomic E-state index is 0.164. The molecule has 0 N–H and O–H groups in total. The normalized spacial score (nSPS) is 15.2. The van der Waals surface area contributed by atoms with Crippen molar-refractivity contribution >= 4 is 23.3 Å². The van der Waals surface area contributed by atoms with Gasteiger partial charge in [0, 0.05) is 18.7 Å². The third-order valence-corrected chi connectivity index (χ3v) is 7.41. The summed E-state index contributed by atoms with van der Waals surface area (Å²) in [6.07, 6.45) is 1.82. The second-order valence-corrected chi connectivity index (χ2v) is 9.45. The number of likely N-dealkylation sites (N-methyl/N-ethyl adjacent to an activating group) is 1. The van der Waals surface area contributed by atoms with Crippen molar-refractivity contribution in [1.29, 1.82) is 0 Å². The minimum atomic E-state index is -0.734. The summed E-state index contributed by atoms with van der Waals surface area (Å²) >= 11 is 1.29. The third kappa shape index (κ3) is 4.91. The molecule has 3 aromatic rings. The van der Waals surface area contributed by atoms with E-state index in [9.17, 15) is 9.59 Å². The van der Waals surface area contributed by atoms with Gasteiger partial charge in [-0.25, -0.2) is 4.99 Å². The molecule has 37 heavy (non-hydrogen) atoms. The van der Waals surface area contributed by atoms with Crippen molar-refractivity contribution in [2.24, 2.45) is 4.99 Å². The summed E-state index contributed by atoms with van der Waals surface area (Å²) in [6, 6.07) is 12.1. The summed E-state index contributed by atoms with van der Waals surface area (Å²) in [7, 11) is 4.75. The van der Waals surface area contributed by atoms with Gasteiger partial charge in [0.15, 0.2) is 4.80 Å². The predicted molar refractivity (Wildman–Crippen MR) is 144 cm³/mol. The van der Waals surface area contributed by atoms with E-state index in [0.29, 0.717) is 56.5 Å². The standard InChI is InChI=1S/C28H31N3O5S/c1-7-30(8-2)27(33)24-17(3)29-28-31(25(24)21-16-20(35-5)12-13-22(21)36-6)26(32)23(37-28)15-18-10-9-11-19(14-18)34-4/h9-16,25H,7-8H2,1-6H3/b23-15+/t25-/m0/s1. The van der Waals surface area contributed by atoms with Gasteiger partial charge in [-0.2, -0.15) is 0 Å². The van der Waals surface area contributed by atoms with Crippen LogP contribution in [-0.2, 0) is 4.79 Å². The predicted octanol–water partition coefficient (Wildman–Crippen LogP) is 3.13. The van der Waals surface area contributed by atoms with Crippen molar-refractivity contribution in [1.82, 2.24) is 9.47 Å². The van der Waals surface area contributed by atoms with Crippen molar-refractivity contribution in [2.75, 3.05) is 34.4 Å². The molecule has 194 valence electrons. The number of amides is 1. The molecule has 0 fully saturated rings. The van der Waals surface area contributed by atoms with Gasteiger partial charge in [-0.05, 0) is 62.7 Å². The Hall–Kier alpha value is -3.85. The van der Waals surface area contributed by atoms with Crippen molar-refractivity contribution < 1.29 is 19.0 Å². The summed E-state index contributed by atoms with van der Waals surface area (Å²) in [5.74, 6) is 1.68. The van der Waals surface area contributed by atoms with E-state index < -0.39 is 6.04 Å². The lowest BCUT2D eigenvalue weighted by molar-refractivity contribution is -0.127. The molecular formula is C28H31N3O5S. The van der Waals surface area contributed by atoms with Crippen molar-refractivity contribution in [3.63, 3.8) is 0 Å². The maximum Gasteiger partial charge on any atom is 0.271 e. The van der Waals surface area contributed by atoms with Crippen LogP contribution in [0.2, 0.25) is 0 Å². The Morgan fingerprint density at radius 2 is 1.76 bits per heavy atom. The number of hydrogen-bond donors (Lipinski definition) is 0. The van der Waals surface area contributed by atoms with E-state index in [1.165, 1.54) is 11.3 Å². The van der Waals surface area contributed by atoms with E-state index in [4.69, 9.17) is 19.2 Å². The fourth-order valence-electron chi connectivity index (χ4n) is 4.51. The molecule has 0 saturated heterocycles. The van der Waals surface area contributed by atoms with Crippen LogP contribution < -0.4 is 29.1 Å². The highest BCUT2D eigenvalue weighted by atomic mass is 32.1. The van der Waals surface area contributed by atoms with Gasteiger partial charge < -0.3 is 19.1 Å². The average molecular weight is 522 g/mol. The molecule has 9 heteroatoms. The number of ether oxygens (including phenoxy) is 3. The number of allylic oxidation sites excluding steroid dienone is 1. The van der Waals surface area contributed by atoms with Crippen LogP contribution in [0.4, 0.5) is 0 Å². The molecular weight excluding hydrogens is 490 g/mol. The molecule has 0 unspecified atom stereocenters. The van der Waals surface area contributed by atoms with Crippen LogP contribution in [0.3, 0.4) is 0 Å². The fraction of sp³-hybridized carbons (Fsp3) is 0.321. The molecule has 0 radical (unpaired) electrons. The van der Waals surface area contributed by atoms with Crippen LogP contribution in [0.1, 0.15) is 37.9 Å². The Labute approximate surface area is 219 Å². The number of methoxy groups -OCH3 is 3. The van der Waals surface area contributed by atoms with Gasteiger partial charge in [-0.1, -0.05) is 23.5 Å². The van der Waals surface area contributed by atoms with Crippen molar-refractivity contribution in [3.05, 3.63) is 84.5 Å². The molecule has 2 heterocycles. The number of nitrogens with zero attached hydrogens (tertiary/aromatic N) is 3. The largest absolute Gasteiger partial charge is 0.497 e. The molecule has 1 aromatic heterocycles. The minimum Gasteiger partial charge on any atom is -0.497 e. The molecule has 8 nitrogen and oxygen atoms in total. The summed E-state index contributed by atoms with van der Waals surface area (Å²) in [5.41, 5.74) is 2.26. The zero-order chi connectivity index (χ0) is 26.7. The Balaban J connectivity index is 2.02. The maximum absolute atomic E-state index is 13.9. The fourth-order valence-corrected chi connectivity index (χ4v) is 5.55. The molecule has 1 atom stereocenters. The summed E-state index contributed by atoms with van der Waals surface area (Å²) in [5, 5.41) is 0. The third-order valence-electron chi connectivity index (χ3n) is 6.43. The first-order chi connectivity index (χ1) is 17.9. The lowest BCUT2D eigenvalue weighted by atomic mass is 9.93. The van der Waals surface area contributed by atoms with Gasteiger partial charge in [0.1, 0.15) is 23.3 Å². The molecule has 2 aromatic carbocycles. The van der Waals surface area contributed by atoms with Gasteiger partial charge in [-0.3, -0.25) is 14.2 Å². The molecule has 0 aliphatic carbocycles. The second-order valence-electron chi connectivity index (χ2n) is 8.44. The molecule has 1 aliphatic heterocycles. The zero-order valence-electron chi connectivity index (χ0n) is 21.9. The van der Waals surface area contributed by atoms with Crippen LogP contribution in [-0.4, -0.2) is 49.8 Å². The summed E-state index contributed by atoms with van der Waals surface area (Å²) in [4.78, 5) is 34.7. The van der Waals surface area contributed by atoms with E-state index >= 15 is 0 Å². The van der Waals surface area contributed by atoms with Crippen molar-refractivity contribution in [2.45, 2.75) is 26.8 Å². The number of aromatic nitrogens is 1. The Bertz CT molecular complexity index is 1530. The quantitative estimate of drug-likeness (QED) is 0.455. The first kappa shape index (κ1) is 26.2. The number of rotatable bonds is 8. The Kier molecular flexibility index (Phi) is 7.83. The smallest absolute Gasteiger partial charge is 0.271 e. The number of hydrogen-bond acceptors (Lipinski definition) is 7. The number of carbonyl (C=O) groups is 1. The molecule has 1 aliphatic rings. The molecule has 0 saturated carbocycles. The maximum atomic E-state index is 13.9. The van der Waals surface area contributed by atoms with E-state index in [1.807, 2.05) is 57.2 Å². The number of carbonyl (C=O) groups excluding carboxylic acids is 1. The SMILES string of the molecule is CCN(CC)C(=O)C1=C(C)N=c2s/c(=C/c3cccc(OC)c3)c(=O)n2[C@H]1c1cc(OC)ccc1OC. The first-order valence-electron chi connectivity index (χ1n) is 12.0. The van der Waals surface area contributed by atoms with Crippen LogP contribution >= 0.6 is 11.3 Å². The topological polar surface area (TPSA) is 82.4 Å². The van der Waals surface area contributed by atoms with E-state index in [0.717, 1.165) is 5.56 Å². The van der Waals surface area contributed by atoms with Crippen LogP contribution in [0.15, 0.2) is 63.5 Å². The van der Waals surface area contributed by atoms with Gasteiger partial charge >= 0.3 is 0 Å². The van der Waals surface area contributed by atoms with Crippen LogP contribution in [0.25, 0.3) is 6.08 Å². The van der Waals surface area contributed by atoms with Crippen LogP contribution in [0, 0.1) is 0 Å². The van der Waals surface area contributed by atoms with Crippen LogP contribution in [0.5, 0.6) is 17.2 Å². The monoisotopic (exact) mass is 521 g/mol. The van der Waals surface area contributed by atoms with E-state index in [2.05, 4.69) is 0 Å². The number of fused-ring (bicyclic) bond motifs is 1. The highest BCUT2D eigenvalue weighted by Gasteiger charge is 2.36. The molecule has 0 bridgehead atoms. The first-order valence-corrected chi connectivity index (χ1v) is 12.9. The number of thiazole rings is 1. The summed E-state index contributed by atoms with van der Waals surface area (Å²) in [6.45, 7) is 6.75. The average Bonchev–Trinajstić information content (AvgIpc) is 3.22. The number of benzene rings is 2. The van der Waals surface area contributed by atoms with Gasteiger partial charge in [0.2, 0.25) is 0 Å². The highest BCUT2D eigenvalue weighted by molar-refractivity contribution is 7.07. The lowest BCUT2D eigenvalue weighted by Gasteiger charge is -2.30. The lowest BCUT2D eigenvalue weighted by Crippen LogP contribution is -2.43. The van der Waals surface area contributed by atoms with E-state index in [-0.39, 0.29) is 11.5 Å². The molecule has 4 rings (SSSR count). The van der Waals surface area contributed by atoms with Gasteiger partial charge in [-0.15, -0.1) is 0 Å². The highest BCUT2D eigenvalue weighted by Crippen LogP contribution is 2.38. The van der Waals surface area contributed by atoms with E-state index in [1.54, 1.807) is 42.9 Å². The summed E-state index contributed by atoms with van der Waals surface area (Å²) < 4.78 is 18.6. The van der Waals surface area contributed by atoms with Gasteiger partial charge in [0.25, 0.3) is 11.5 Å². The molecule has 1 amide bonds. The van der Waals surface area contributed by atoms with Gasteiger partial charge in [0.05, 0.1) is 37.1 Å². The Morgan fingerprint density at radius 3 is 2.41 bits per heavy atom. The molecule has 0 spiro atoms. The second kappa shape index (κ2) is 11.0.